The molecule has 1 N–H and O–H groups in total. The standard InChI is InChI=1S/C16H25ClFN/c1-5-19-14(8-9-16(2,3)4)10-12-6-7-13(18)11-15(12)17/h6-7,11,14,19H,5,8-10H2,1-4H3. The monoisotopic (exact) mass is 285 g/mol. The minimum Gasteiger partial charge on any atom is -0.314 e. The highest BCUT2D eigenvalue weighted by Gasteiger charge is 2.16. The maximum Gasteiger partial charge on any atom is 0.124 e. The Kier molecular flexibility index (Phi) is 6.28. The van der Waals surface area contributed by atoms with E-state index in [4.69, 9.17) is 11.6 Å². The van der Waals surface area contributed by atoms with Crippen LogP contribution >= 0.6 is 11.6 Å². The van der Waals surface area contributed by atoms with E-state index in [1.54, 1.807) is 6.07 Å². The average Bonchev–Trinajstić information content (AvgIpc) is 2.28. The minimum atomic E-state index is -0.275. The van der Waals surface area contributed by atoms with Crippen LogP contribution in [0.2, 0.25) is 5.02 Å². The Labute approximate surface area is 121 Å². The van der Waals surface area contributed by atoms with Gasteiger partial charge in [-0.05, 0) is 48.9 Å². The Morgan fingerprint density at radius 2 is 2.00 bits per heavy atom. The third-order valence-corrected chi connectivity index (χ3v) is 3.57. The van der Waals surface area contributed by atoms with E-state index in [1.807, 2.05) is 0 Å². The van der Waals surface area contributed by atoms with Gasteiger partial charge in [0.05, 0.1) is 0 Å². The van der Waals surface area contributed by atoms with Gasteiger partial charge >= 0.3 is 0 Å². The number of hydrogen-bond acceptors (Lipinski definition) is 1. The van der Waals surface area contributed by atoms with Gasteiger partial charge in [0.15, 0.2) is 0 Å². The van der Waals surface area contributed by atoms with E-state index in [2.05, 4.69) is 33.0 Å². The molecule has 0 amide bonds. The van der Waals surface area contributed by atoms with Gasteiger partial charge in [-0.2, -0.15) is 0 Å². The highest BCUT2D eigenvalue weighted by atomic mass is 35.5. The molecule has 0 saturated carbocycles. The van der Waals surface area contributed by atoms with E-state index in [0.717, 1.165) is 31.4 Å². The molecule has 0 bridgehead atoms. The van der Waals surface area contributed by atoms with Crippen molar-refractivity contribution in [2.45, 2.75) is 53.0 Å². The molecular weight excluding hydrogens is 261 g/mol. The van der Waals surface area contributed by atoms with E-state index in [-0.39, 0.29) is 5.82 Å². The van der Waals surface area contributed by atoms with Crippen LogP contribution in [0.3, 0.4) is 0 Å². The molecular formula is C16H25ClFN. The van der Waals surface area contributed by atoms with Gasteiger partial charge in [-0.25, -0.2) is 4.39 Å². The summed E-state index contributed by atoms with van der Waals surface area (Å²) >= 11 is 6.10. The predicted octanol–water partition coefficient (Wildman–Crippen LogP) is 4.83. The molecule has 0 saturated heterocycles. The SMILES string of the molecule is CCNC(CCC(C)(C)C)Cc1ccc(F)cc1Cl. The summed E-state index contributed by atoms with van der Waals surface area (Å²) in [5, 5.41) is 4.02. The molecule has 0 aliphatic rings. The first-order chi connectivity index (χ1) is 8.81. The molecule has 0 radical (unpaired) electrons. The van der Waals surface area contributed by atoms with Gasteiger partial charge in [-0.1, -0.05) is 45.4 Å². The molecule has 0 aliphatic carbocycles. The Hall–Kier alpha value is -0.600. The first-order valence-corrected chi connectivity index (χ1v) is 7.37. The number of hydrogen-bond donors (Lipinski definition) is 1. The summed E-state index contributed by atoms with van der Waals surface area (Å²) in [6.45, 7) is 9.80. The smallest absolute Gasteiger partial charge is 0.124 e. The molecule has 0 aliphatic heterocycles. The molecule has 0 spiro atoms. The van der Waals surface area contributed by atoms with Crippen molar-refractivity contribution in [2.24, 2.45) is 5.41 Å². The third kappa shape index (κ3) is 6.40. The molecule has 19 heavy (non-hydrogen) atoms. The van der Waals surface area contributed by atoms with Crippen molar-refractivity contribution >= 4 is 11.6 Å². The van der Waals surface area contributed by atoms with Crippen LogP contribution in [-0.2, 0) is 6.42 Å². The van der Waals surface area contributed by atoms with Gasteiger partial charge in [0.2, 0.25) is 0 Å². The molecule has 0 heterocycles. The lowest BCUT2D eigenvalue weighted by Gasteiger charge is -2.24. The summed E-state index contributed by atoms with van der Waals surface area (Å²) in [7, 11) is 0. The zero-order chi connectivity index (χ0) is 14.5. The van der Waals surface area contributed by atoms with Crippen molar-refractivity contribution in [3.05, 3.63) is 34.6 Å². The van der Waals surface area contributed by atoms with Crippen LogP contribution in [0.25, 0.3) is 0 Å². The Morgan fingerprint density at radius 1 is 1.32 bits per heavy atom. The summed E-state index contributed by atoms with van der Waals surface area (Å²) in [6, 6.07) is 5.06. The first-order valence-electron chi connectivity index (χ1n) is 6.99. The molecule has 108 valence electrons. The topological polar surface area (TPSA) is 12.0 Å². The highest BCUT2D eigenvalue weighted by molar-refractivity contribution is 6.31. The summed E-state index contributed by atoms with van der Waals surface area (Å²) in [6.07, 6.45) is 3.11. The normalized spacial score (nSPS) is 13.6. The van der Waals surface area contributed by atoms with Gasteiger partial charge < -0.3 is 5.32 Å². The van der Waals surface area contributed by atoms with E-state index < -0.39 is 0 Å². The number of benzene rings is 1. The van der Waals surface area contributed by atoms with Crippen LogP contribution in [0.5, 0.6) is 0 Å². The molecule has 0 aromatic heterocycles. The van der Waals surface area contributed by atoms with Gasteiger partial charge in [0, 0.05) is 11.1 Å². The highest BCUT2D eigenvalue weighted by Crippen LogP contribution is 2.24. The van der Waals surface area contributed by atoms with Crippen LogP contribution in [0, 0.1) is 11.2 Å². The van der Waals surface area contributed by atoms with Gasteiger partial charge in [0.1, 0.15) is 5.82 Å². The number of rotatable bonds is 6. The van der Waals surface area contributed by atoms with Crippen molar-refractivity contribution in [2.75, 3.05) is 6.54 Å². The fourth-order valence-electron chi connectivity index (χ4n) is 2.12. The predicted molar refractivity (Wildman–Crippen MR) is 81.3 cm³/mol. The average molecular weight is 286 g/mol. The quantitative estimate of drug-likeness (QED) is 0.790. The number of likely N-dealkylation sites (N-methyl/N-ethyl adjacent to an activating group) is 1. The molecule has 1 rings (SSSR count). The molecule has 3 heteroatoms. The van der Waals surface area contributed by atoms with E-state index >= 15 is 0 Å². The molecule has 1 nitrogen and oxygen atoms in total. The van der Waals surface area contributed by atoms with E-state index in [1.165, 1.54) is 12.1 Å². The van der Waals surface area contributed by atoms with Gasteiger partial charge in [-0.15, -0.1) is 0 Å². The molecule has 1 atom stereocenters. The second-order valence-electron chi connectivity index (χ2n) is 6.29. The van der Waals surface area contributed by atoms with Crippen LogP contribution in [0.15, 0.2) is 18.2 Å². The zero-order valence-corrected chi connectivity index (χ0v) is 13.1. The van der Waals surface area contributed by atoms with Crippen molar-refractivity contribution in [1.29, 1.82) is 0 Å². The van der Waals surface area contributed by atoms with Crippen LogP contribution in [0.4, 0.5) is 4.39 Å². The van der Waals surface area contributed by atoms with E-state index in [9.17, 15) is 4.39 Å². The summed E-state index contributed by atoms with van der Waals surface area (Å²) in [5.41, 5.74) is 1.35. The largest absolute Gasteiger partial charge is 0.314 e. The maximum absolute atomic E-state index is 13.0. The second kappa shape index (κ2) is 7.25. The summed E-state index contributed by atoms with van der Waals surface area (Å²) in [5.74, 6) is -0.275. The van der Waals surface area contributed by atoms with E-state index in [0.29, 0.717) is 16.5 Å². The molecule has 1 aromatic rings. The van der Waals surface area contributed by atoms with Gasteiger partial charge in [0.25, 0.3) is 0 Å². The molecule has 1 unspecified atom stereocenters. The van der Waals surface area contributed by atoms with Crippen LogP contribution in [-0.4, -0.2) is 12.6 Å². The van der Waals surface area contributed by atoms with Crippen LogP contribution < -0.4 is 5.32 Å². The second-order valence-corrected chi connectivity index (χ2v) is 6.70. The zero-order valence-electron chi connectivity index (χ0n) is 12.4. The fourth-order valence-corrected chi connectivity index (χ4v) is 2.37. The van der Waals surface area contributed by atoms with Crippen molar-refractivity contribution in [3.8, 4) is 0 Å². The van der Waals surface area contributed by atoms with Crippen molar-refractivity contribution in [3.63, 3.8) is 0 Å². The van der Waals surface area contributed by atoms with Crippen LogP contribution in [0.1, 0.15) is 46.1 Å². The molecule has 1 aromatic carbocycles. The fraction of sp³-hybridized carbons (Fsp3) is 0.625. The number of halogens is 2. The Morgan fingerprint density at radius 3 is 2.53 bits per heavy atom. The Balaban J connectivity index is 2.67. The lowest BCUT2D eigenvalue weighted by Crippen LogP contribution is -2.32. The first kappa shape index (κ1) is 16.5. The third-order valence-electron chi connectivity index (χ3n) is 3.22. The summed E-state index contributed by atoms with van der Waals surface area (Å²) in [4.78, 5) is 0. The lowest BCUT2D eigenvalue weighted by molar-refractivity contribution is 0.330. The summed E-state index contributed by atoms with van der Waals surface area (Å²) < 4.78 is 13.0. The lowest BCUT2D eigenvalue weighted by atomic mass is 9.87. The van der Waals surface area contributed by atoms with Crippen molar-refractivity contribution < 1.29 is 4.39 Å². The Bertz CT molecular complexity index is 398. The number of nitrogens with one attached hydrogen (secondary N) is 1. The van der Waals surface area contributed by atoms with Crippen molar-refractivity contribution in [1.82, 2.24) is 5.32 Å². The molecule has 0 fully saturated rings. The van der Waals surface area contributed by atoms with Gasteiger partial charge in [-0.3, -0.25) is 0 Å². The minimum absolute atomic E-state index is 0.275. The maximum atomic E-state index is 13.0.